The number of aromatic amines is 1. The number of aromatic nitrogens is 2. The van der Waals surface area contributed by atoms with Gasteiger partial charge in [-0.1, -0.05) is 43.7 Å². The molecule has 3 aromatic rings. The van der Waals surface area contributed by atoms with Gasteiger partial charge in [-0.2, -0.15) is 0 Å². The first-order chi connectivity index (χ1) is 16.2. The van der Waals surface area contributed by atoms with Crippen LogP contribution < -0.4 is 21.9 Å². The molecule has 9 heteroatoms. The van der Waals surface area contributed by atoms with Crippen LogP contribution in [0.3, 0.4) is 0 Å². The molecule has 3 rings (SSSR count). The number of nitrogens with zero attached hydrogens (tertiary/aromatic N) is 2. The quantitative estimate of drug-likeness (QED) is 0.442. The fraction of sp³-hybridized carbons (Fsp3) is 0.360. The van der Waals surface area contributed by atoms with Gasteiger partial charge in [0.1, 0.15) is 17.3 Å². The molecular weight excluding hydrogens is 436 g/mol. The van der Waals surface area contributed by atoms with E-state index in [0.29, 0.717) is 23.5 Å². The van der Waals surface area contributed by atoms with Crippen molar-refractivity contribution in [3.8, 4) is 0 Å². The maximum Gasteiger partial charge on any atom is 0.330 e. The van der Waals surface area contributed by atoms with Crippen LogP contribution in [0.15, 0.2) is 50.4 Å². The number of furan rings is 1. The second kappa shape index (κ2) is 10.8. The molecule has 180 valence electrons. The average Bonchev–Trinajstić information content (AvgIpc) is 3.18. The topological polar surface area (TPSA) is 131 Å². The van der Waals surface area contributed by atoms with Crippen LogP contribution in [0.25, 0.3) is 0 Å². The van der Waals surface area contributed by atoms with Crippen LogP contribution in [-0.2, 0) is 17.8 Å². The zero-order valence-corrected chi connectivity index (χ0v) is 19.7. The van der Waals surface area contributed by atoms with Crippen molar-refractivity contribution >= 4 is 23.2 Å². The van der Waals surface area contributed by atoms with Crippen LogP contribution in [0.5, 0.6) is 0 Å². The summed E-state index contributed by atoms with van der Waals surface area (Å²) in [6, 6.07) is 10.9. The maximum absolute atomic E-state index is 13.2. The number of nitrogen functional groups attached to an aromatic ring is 1. The molecule has 34 heavy (non-hydrogen) atoms. The smallest absolute Gasteiger partial charge is 0.330 e. The minimum absolute atomic E-state index is 0.0333. The highest BCUT2D eigenvalue weighted by molar-refractivity contribution is 5.96. The molecular formula is C25H30N4O5. The standard InChI is InChI=1S/C25H30N4O5/c1-4-5-13-28(21(31)12-11-19-14-20(16(2)30)17(3)34-19)22-23(26)29(25(33)27-24(22)32)15-18-9-7-6-8-10-18/h6-10,14H,4-5,11-13,15,26H2,1-3H3,(H,27,32,33). The fourth-order valence-corrected chi connectivity index (χ4v) is 3.82. The van der Waals surface area contributed by atoms with E-state index in [9.17, 15) is 19.2 Å². The number of rotatable bonds is 10. The van der Waals surface area contributed by atoms with Gasteiger partial charge in [-0.05, 0) is 31.9 Å². The molecule has 3 N–H and O–H groups in total. The van der Waals surface area contributed by atoms with E-state index in [0.717, 1.165) is 12.0 Å². The Hall–Kier alpha value is -3.88. The van der Waals surface area contributed by atoms with E-state index in [1.807, 2.05) is 37.3 Å². The lowest BCUT2D eigenvalue weighted by molar-refractivity contribution is -0.118. The number of amides is 1. The van der Waals surface area contributed by atoms with Crippen molar-refractivity contribution in [3.63, 3.8) is 0 Å². The monoisotopic (exact) mass is 466 g/mol. The molecule has 1 aromatic carbocycles. The van der Waals surface area contributed by atoms with Crippen LogP contribution in [-0.4, -0.2) is 27.8 Å². The molecule has 2 aromatic heterocycles. The highest BCUT2D eigenvalue weighted by Gasteiger charge is 2.24. The molecule has 2 heterocycles. The summed E-state index contributed by atoms with van der Waals surface area (Å²) in [5, 5.41) is 0. The van der Waals surface area contributed by atoms with Crippen molar-refractivity contribution in [3.05, 3.63) is 79.9 Å². The lowest BCUT2D eigenvalue weighted by Crippen LogP contribution is -2.41. The van der Waals surface area contributed by atoms with E-state index in [4.69, 9.17) is 10.2 Å². The number of nitrogens with one attached hydrogen (secondary N) is 1. The number of benzene rings is 1. The number of carbonyl (C=O) groups excluding carboxylic acids is 2. The lowest BCUT2D eigenvalue weighted by atomic mass is 10.1. The first-order valence-electron chi connectivity index (χ1n) is 11.3. The van der Waals surface area contributed by atoms with Gasteiger partial charge in [0.2, 0.25) is 5.91 Å². The predicted molar refractivity (Wildman–Crippen MR) is 130 cm³/mol. The summed E-state index contributed by atoms with van der Waals surface area (Å²) in [5.41, 5.74) is 6.24. The Morgan fingerprint density at radius 2 is 1.88 bits per heavy atom. The van der Waals surface area contributed by atoms with E-state index in [-0.39, 0.29) is 49.1 Å². The van der Waals surface area contributed by atoms with Crippen molar-refractivity contribution < 1.29 is 14.0 Å². The molecule has 0 bridgehead atoms. The van der Waals surface area contributed by atoms with Gasteiger partial charge in [-0.25, -0.2) is 4.79 Å². The third-order valence-electron chi connectivity index (χ3n) is 5.64. The van der Waals surface area contributed by atoms with Crippen molar-refractivity contribution in [2.75, 3.05) is 17.2 Å². The Balaban J connectivity index is 1.92. The van der Waals surface area contributed by atoms with Gasteiger partial charge in [0, 0.05) is 19.4 Å². The number of unbranched alkanes of at least 4 members (excludes halogenated alkanes) is 1. The summed E-state index contributed by atoms with van der Waals surface area (Å²) in [4.78, 5) is 53.8. The molecule has 0 saturated heterocycles. The predicted octanol–water partition coefficient (Wildman–Crippen LogP) is 3.04. The Kier molecular flexibility index (Phi) is 7.88. The van der Waals surface area contributed by atoms with Crippen molar-refractivity contribution in [2.24, 2.45) is 0 Å². The summed E-state index contributed by atoms with van der Waals surface area (Å²) in [6.45, 7) is 5.57. The average molecular weight is 467 g/mol. The van der Waals surface area contributed by atoms with Gasteiger partial charge >= 0.3 is 5.69 Å². The molecule has 0 aliphatic heterocycles. The Labute approximate surface area is 197 Å². The number of carbonyl (C=O) groups is 2. The van der Waals surface area contributed by atoms with E-state index in [1.54, 1.807) is 13.0 Å². The second-order valence-electron chi connectivity index (χ2n) is 8.20. The summed E-state index contributed by atoms with van der Waals surface area (Å²) < 4.78 is 6.87. The first kappa shape index (κ1) is 24.8. The molecule has 0 radical (unpaired) electrons. The summed E-state index contributed by atoms with van der Waals surface area (Å²) in [6.07, 6.45) is 1.75. The van der Waals surface area contributed by atoms with Gasteiger partial charge < -0.3 is 15.1 Å². The zero-order valence-electron chi connectivity index (χ0n) is 19.7. The summed E-state index contributed by atoms with van der Waals surface area (Å²) >= 11 is 0. The van der Waals surface area contributed by atoms with Crippen LogP contribution in [0.2, 0.25) is 0 Å². The third-order valence-corrected chi connectivity index (χ3v) is 5.64. The molecule has 0 unspecified atom stereocenters. The minimum Gasteiger partial charge on any atom is -0.466 e. The second-order valence-corrected chi connectivity index (χ2v) is 8.20. The lowest BCUT2D eigenvalue weighted by Gasteiger charge is -2.24. The van der Waals surface area contributed by atoms with Gasteiger partial charge in [-0.15, -0.1) is 0 Å². The molecule has 0 atom stereocenters. The minimum atomic E-state index is -0.705. The highest BCUT2D eigenvalue weighted by atomic mass is 16.3. The number of nitrogens with two attached hydrogens (primary N) is 1. The van der Waals surface area contributed by atoms with Crippen molar-refractivity contribution in [1.29, 1.82) is 0 Å². The van der Waals surface area contributed by atoms with Gasteiger partial charge in [0.05, 0.1) is 12.1 Å². The Morgan fingerprint density at radius 1 is 1.18 bits per heavy atom. The van der Waals surface area contributed by atoms with Crippen molar-refractivity contribution in [1.82, 2.24) is 9.55 Å². The van der Waals surface area contributed by atoms with E-state index < -0.39 is 11.2 Å². The normalized spacial score (nSPS) is 10.9. The van der Waals surface area contributed by atoms with Crippen molar-refractivity contribution in [2.45, 2.75) is 53.0 Å². The Morgan fingerprint density at radius 3 is 2.50 bits per heavy atom. The van der Waals surface area contributed by atoms with Gasteiger partial charge in [0.15, 0.2) is 11.5 Å². The number of H-pyrrole nitrogens is 1. The number of hydrogen-bond acceptors (Lipinski definition) is 6. The largest absolute Gasteiger partial charge is 0.466 e. The third kappa shape index (κ3) is 5.54. The van der Waals surface area contributed by atoms with Crippen LogP contribution in [0.1, 0.15) is 60.6 Å². The number of ketones is 1. The molecule has 0 saturated carbocycles. The van der Waals surface area contributed by atoms with Gasteiger partial charge in [0.25, 0.3) is 5.56 Å². The van der Waals surface area contributed by atoms with Gasteiger partial charge in [-0.3, -0.25) is 23.9 Å². The van der Waals surface area contributed by atoms with Crippen LogP contribution in [0.4, 0.5) is 11.5 Å². The van der Waals surface area contributed by atoms with Crippen LogP contribution in [0, 0.1) is 6.92 Å². The fourth-order valence-electron chi connectivity index (χ4n) is 3.82. The molecule has 0 spiro atoms. The highest BCUT2D eigenvalue weighted by Crippen LogP contribution is 2.21. The number of aryl methyl sites for hydroxylation is 2. The number of Topliss-reactive ketones (excluding diaryl/α,β-unsaturated/α-hetero) is 1. The zero-order chi connectivity index (χ0) is 24.8. The molecule has 0 fully saturated rings. The Bertz CT molecular complexity index is 1290. The van der Waals surface area contributed by atoms with E-state index in [2.05, 4.69) is 4.98 Å². The van der Waals surface area contributed by atoms with E-state index in [1.165, 1.54) is 16.4 Å². The van der Waals surface area contributed by atoms with E-state index >= 15 is 0 Å². The SMILES string of the molecule is CCCCN(C(=O)CCc1cc(C(C)=O)c(C)o1)c1c(N)n(Cc2ccccc2)c(=O)[nH]c1=O. The molecule has 1 amide bonds. The molecule has 9 nitrogen and oxygen atoms in total. The first-order valence-corrected chi connectivity index (χ1v) is 11.3. The number of hydrogen-bond donors (Lipinski definition) is 2. The summed E-state index contributed by atoms with van der Waals surface area (Å²) in [5.74, 6) is 0.529. The maximum atomic E-state index is 13.2. The molecule has 0 aliphatic carbocycles. The van der Waals surface area contributed by atoms with Crippen LogP contribution >= 0.6 is 0 Å². The molecule has 0 aliphatic rings. The summed E-state index contributed by atoms with van der Waals surface area (Å²) in [7, 11) is 0. The number of anilines is 2.